The van der Waals surface area contributed by atoms with Gasteiger partial charge >= 0.3 is 0 Å². The van der Waals surface area contributed by atoms with E-state index in [4.69, 9.17) is 4.98 Å². The van der Waals surface area contributed by atoms with E-state index < -0.39 is 0 Å². The lowest BCUT2D eigenvalue weighted by molar-refractivity contribution is 0.587. The Labute approximate surface area is 123 Å². The second kappa shape index (κ2) is 4.58. The summed E-state index contributed by atoms with van der Waals surface area (Å²) in [6.07, 6.45) is 0. The third-order valence-electron chi connectivity index (χ3n) is 4.75. The summed E-state index contributed by atoms with van der Waals surface area (Å²) in [6, 6.07) is 0. The van der Waals surface area contributed by atoms with E-state index in [1.807, 2.05) is 0 Å². The fourth-order valence-electron chi connectivity index (χ4n) is 3.54. The molecule has 1 heteroatoms. The standard InChI is InChI=1S/C19H27N/c1-10-11(2)13(4)17-16(12(10)3)14(5)20-15(6)18(17)19(7,8)9/h1-9H3. The minimum Gasteiger partial charge on any atom is -0.257 e. The molecule has 2 rings (SSSR count). The van der Waals surface area contributed by atoms with Gasteiger partial charge in [-0.05, 0) is 80.2 Å². The molecule has 0 fully saturated rings. The molecule has 0 aliphatic carbocycles. The third-order valence-corrected chi connectivity index (χ3v) is 4.75. The molecule has 1 aromatic carbocycles. The number of fused-ring (bicyclic) bond motifs is 1. The first-order valence-electron chi connectivity index (χ1n) is 7.45. The fourth-order valence-corrected chi connectivity index (χ4v) is 3.54. The van der Waals surface area contributed by atoms with Crippen LogP contribution in [-0.4, -0.2) is 4.98 Å². The predicted molar refractivity (Wildman–Crippen MR) is 88.9 cm³/mol. The number of hydrogen-bond acceptors (Lipinski definition) is 1. The minimum absolute atomic E-state index is 0.113. The Kier molecular flexibility index (Phi) is 3.44. The van der Waals surface area contributed by atoms with Gasteiger partial charge in [0.1, 0.15) is 0 Å². The normalized spacial score (nSPS) is 12.2. The summed E-state index contributed by atoms with van der Waals surface area (Å²) in [6.45, 7) is 20.1. The van der Waals surface area contributed by atoms with Crippen LogP contribution in [0.1, 0.15) is 60.0 Å². The maximum atomic E-state index is 4.84. The first-order chi connectivity index (χ1) is 9.07. The van der Waals surface area contributed by atoms with Crippen molar-refractivity contribution in [3.8, 4) is 0 Å². The first kappa shape index (κ1) is 15.0. The molecule has 1 nitrogen and oxygen atoms in total. The number of hydrogen-bond donors (Lipinski definition) is 0. The SMILES string of the molecule is Cc1nc(C)c2c(C)c(C)c(C)c(C)c2c1C(C)(C)C. The van der Waals surface area contributed by atoms with Crippen molar-refractivity contribution >= 4 is 10.8 Å². The Morgan fingerprint density at radius 3 is 1.50 bits per heavy atom. The zero-order chi connectivity index (χ0) is 15.4. The molecule has 1 heterocycles. The summed E-state index contributed by atoms with van der Waals surface area (Å²) in [7, 11) is 0. The van der Waals surface area contributed by atoms with Gasteiger partial charge in [-0.25, -0.2) is 0 Å². The van der Waals surface area contributed by atoms with E-state index in [0.29, 0.717) is 0 Å². The van der Waals surface area contributed by atoms with Crippen molar-refractivity contribution in [3.63, 3.8) is 0 Å². The van der Waals surface area contributed by atoms with Crippen LogP contribution >= 0.6 is 0 Å². The summed E-state index contributed by atoms with van der Waals surface area (Å²) in [5, 5.41) is 2.80. The number of nitrogens with zero attached hydrogens (tertiary/aromatic N) is 1. The van der Waals surface area contributed by atoms with Crippen molar-refractivity contribution in [2.75, 3.05) is 0 Å². The van der Waals surface area contributed by atoms with Crippen molar-refractivity contribution < 1.29 is 0 Å². The van der Waals surface area contributed by atoms with Gasteiger partial charge in [0.15, 0.2) is 0 Å². The van der Waals surface area contributed by atoms with E-state index in [0.717, 1.165) is 5.69 Å². The fraction of sp³-hybridized carbons (Fsp3) is 0.526. The molecule has 108 valence electrons. The molecule has 0 aliphatic heterocycles. The molecular weight excluding hydrogens is 242 g/mol. The van der Waals surface area contributed by atoms with Crippen LogP contribution in [0, 0.1) is 41.5 Å². The van der Waals surface area contributed by atoms with Crippen LogP contribution in [0.5, 0.6) is 0 Å². The van der Waals surface area contributed by atoms with Gasteiger partial charge in [0, 0.05) is 16.8 Å². The molecule has 1 aromatic heterocycles. The molecule has 0 saturated carbocycles. The molecule has 0 atom stereocenters. The molecule has 0 amide bonds. The smallest absolute Gasteiger partial charge is 0.0457 e. The number of pyridine rings is 1. The van der Waals surface area contributed by atoms with Crippen LogP contribution in [0.3, 0.4) is 0 Å². The van der Waals surface area contributed by atoms with Crippen LogP contribution < -0.4 is 0 Å². The molecular formula is C19H27N. The highest BCUT2D eigenvalue weighted by Gasteiger charge is 2.24. The highest BCUT2D eigenvalue weighted by Crippen LogP contribution is 2.39. The zero-order valence-electron chi connectivity index (χ0n) is 14.4. The lowest BCUT2D eigenvalue weighted by Gasteiger charge is -2.27. The lowest BCUT2D eigenvalue weighted by Crippen LogP contribution is -2.17. The zero-order valence-corrected chi connectivity index (χ0v) is 14.4. The van der Waals surface area contributed by atoms with Crippen molar-refractivity contribution in [2.24, 2.45) is 0 Å². The topological polar surface area (TPSA) is 12.9 Å². The minimum atomic E-state index is 0.113. The highest BCUT2D eigenvalue weighted by molar-refractivity contribution is 5.96. The van der Waals surface area contributed by atoms with Crippen LogP contribution in [0.2, 0.25) is 0 Å². The molecule has 0 aliphatic rings. The Morgan fingerprint density at radius 2 is 1.05 bits per heavy atom. The Balaban J connectivity index is 3.19. The Morgan fingerprint density at radius 1 is 0.600 bits per heavy atom. The van der Waals surface area contributed by atoms with Crippen molar-refractivity contribution in [3.05, 3.63) is 39.2 Å². The monoisotopic (exact) mass is 269 g/mol. The van der Waals surface area contributed by atoms with Gasteiger partial charge < -0.3 is 0 Å². The Bertz CT molecular complexity index is 700. The van der Waals surface area contributed by atoms with Gasteiger partial charge in [-0.15, -0.1) is 0 Å². The largest absolute Gasteiger partial charge is 0.257 e. The average Bonchev–Trinajstić information content (AvgIpc) is 2.31. The molecule has 2 aromatic rings. The van der Waals surface area contributed by atoms with E-state index in [9.17, 15) is 0 Å². The van der Waals surface area contributed by atoms with Crippen LogP contribution in [0.25, 0.3) is 10.8 Å². The first-order valence-corrected chi connectivity index (χ1v) is 7.45. The molecule has 0 unspecified atom stereocenters. The maximum Gasteiger partial charge on any atom is 0.0457 e. The second-order valence-electron chi connectivity index (χ2n) is 7.16. The average molecular weight is 269 g/mol. The summed E-state index contributed by atoms with van der Waals surface area (Å²) >= 11 is 0. The lowest BCUT2D eigenvalue weighted by atomic mass is 9.79. The predicted octanol–water partition coefficient (Wildman–Crippen LogP) is 5.38. The molecule has 0 spiro atoms. The second-order valence-corrected chi connectivity index (χ2v) is 7.16. The van der Waals surface area contributed by atoms with E-state index in [1.54, 1.807) is 0 Å². The highest BCUT2D eigenvalue weighted by atomic mass is 14.7. The van der Waals surface area contributed by atoms with Gasteiger partial charge in [-0.2, -0.15) is 0 Å². The maximum absolute atomic E-state index is 4.84. The van der Waals surface area contributed by atoms with Crippen molar-refractivity contribution in [2.45, 2.75) is 67.7 Å². The Hall–Kier alpha value is -1.37. The van der Waals surface area contributed by atoms with Crippen molar-refractivity contribution in [1.29, 1.82) is 0 Å². The molecule has 0 N–H and O–H groups in total. The quantitative estimate of drug-likeness (QED) is 0.625. The number of rotatable bonds is 0. The third kappa shape index (κ3) is 2.04. The summed E-state index contributed by atoms with van der Waals surface area (Å²) in [5.74, 6) is 0. The van der Waals surface area contributed by atoms with E-state index in [-0.39, 0.29) is 5.41 Å². The number of aromatic nitrogens is 1. The van der Waals surface area contributed by atoms with Gasteiger partial charge in [0.2, 0.25) is 0 Å². The number of aryl methyl sites for hydroxylation is 4. The molecule has 0 radical (unpaired) electrons. The summed E-state index contributed by atoms with van der Waals surface area (Å²) in [4.78, 5) is 4.84. The van der Waals surface area contributed by atoms with Crippen molar-refractivity contribution in [1.82, 2.24) is 4.98 Å². The summed E-state index contributed by atoms with van der Waals surface area (Å²) in [5.41, 5.74) is 9.49. The van der Waals surface area contributed by atoms with E-state index in [1.165, 1.54) is 44.3 Å². The van der Waals surface area contributed by atoms with Gasteiger partial charge in [0.05, 0.1) is 0 Å². The van der Waals surface area contributed by atoms with Gasteiger partial charge in [-0.3, -0.25) is 4.98 Å². The van der Waals surface area contributed by atoms with E-state index in [2.05, 4.69) is 62.3 Å². The number of benzene rings is 1. The van der Waals surface area contributed by atoms with Crippen LogP contribution in [0.15, 0.2) is 0 Å². The van der Waals surface area contributed by atoms with E-state index >= 15 is 0 Å². The van der Waals surface area contributed by atoms with Crippen LogP contribution in [0.4, 0.5) is 0 Å². The molecule has 0 bridgehead atoms. The van der Waals surface area contributed by atoms with Crippen LogP contribution in [-0.2, 0) is 5.41 Å². The van der Waals surface area contributed by atoms with Gasteiger partial charge in [-0.1, -0.05) is 20.8 Å². The molecule has 20 heavy (non-hydrogen) atoms. The van der Waals surface area contributed by atoms with Gasteiger partial charge in [0.25, 0.3) is 0 Å². The summed E-state index contributed by atoms with van der Waals surface area (Å²) < 4.78 is 0. The molecule has 0 saturated heterocycles.